The van der Waals surface area contributed by atoms with Gasteiger partial charge in [-0.1, -0.05) is 30.3 Å². The van der Waals surface area contributed by atoms with Gasteiger partial charge in [0.1, 0.15) is 21.7 Å². The molecule has 2 atom stereocenters. The molecule has 0 aliphatic heterocycles. The predicted molar refractivity (Wildman–Crippen MR) is 149 cm³/mol. The zero-order valence-corrected chi connectivity index (χ0v) is 23.4. The van der Waals surface area contributed by atoms with Crippen molar-refractivity contribution in [2.45, 2.75) is 51.7 Å². The van der Waals surface area contributed by atoms with Crippen molar-refractivity contribution in [1.29, 1.82) is 0 Å². The highest BCUT2D eigenvalue weighted by Crippen LogP contribution is 2.41. The third-order valence-electron chi connectivity index (χ3n) is 6.76. The van der Waals surface area contributed by atoms with E-state index in [-0.39, 0.29) is 18.3 Å². The molecule has 39 heavy (non-hydrogen) atoms. The maximum Gasteiger partial charge on any atom is 0.306 e. The number of rotatable bonds is 13. The summed E-state index contributed by atoms with van der Waals surface area (Å²) in [5.74, 6) is 0.399. The number of nitrogens with zero attached hydrogens (tertiary/aromatic N) is 1. The lowest BCUT2D eigenvalue weighted by Gasteiger charge is -2.18. The molecule has 8 nitrogen and oxygen atoms in total. The predicted octanol–water partition coefficient (Wildman–Crippen LogP) is 5.49. The van der Waals surface area contributed by atoms with Gasteiger partial charge < -0.3 is 19.3 Å². The normalized spacial score (nSPS) is 15.5. The Labute approximate surface area is 229 Å². The number of carbonyl (C=O) groups is 1. The summed E-state index contributed by atoms with van der Waals surface area (Å²) < 4.78 is 40.3. The molecule has 0 saturated carbocycles. The van der Waals surface area contributed by atoms with Gasteiger partial charge in [0.2, 0.25) is 5.88 Å². The van der Waals surface area contributed by atoms with E-state index < -0.39 is 21.9 Å². The van der Waals surface area contributed by atoms with Crippen molar-refractivity contribution in [2.24, 2.45) is 0 Å². The molecule has 1 aliphatic rings. The summed E-state index contributed by atoms with van der Waals surface area (Å²) in [5, 5.41) is 9.18. The Bertz CT molecular complexity index is 1400. The molecule has 9 heteroatoms. The van der Waals surface area contributed by atoms with Crippen molar-refractivity contribution in [3.05, 3.63) is 77.0 Å². The number of hydrogen-bond acceptors (Lipinski definition) is 7. The van der Waals surface area contributed by atoms with Crippen molar-refractivity contribution in [2.75, 3.05) is 25.2 Å². The summed E-state index contributed by atoms with van der Waals surface area (Å²) in [6, 6.07) is 15.6. The highest BCUT2D eigenvalue weighted by atomic mass is 32.2. The van der Waals surface area contributed by atoms with E-state index in [0.717, 1.165) is 46.4 Å². The van der Waals surface area contributed by atoms with Crippen LogP contribution in [0.4, 0.5) is 0 Å². The third-order valence-corrected chi connectivity index (χ3v) is 7.79. The summed E-state index contributed by atoms with van der Waals surface area (Å²) in [6.45, 7) is 4.60. The van der Waals surface area contributed by atoms with E-state index in [2.05, 4.69) is 17.1 Å². The number of fused-ring (bicyclic) bond motifs is 1. The molecule has 2 aromatic carbocycles. The second-order valence-electron chi connectivity index (χ2n) is 9.80. The number of ether oxygens (including phenoxy) is 3. The van der Waals surface area contributed by atoms with Crippen LogP contribution in [0.2, 0.25) is 0 Å². The zero-order valence-electron chi connectivity index (χ0n) is 22.6. The van der Waals surface area contributed by atoms with Gasteiger partial charge >= 0.3 is 5.97 Å². The monoisotopic (exact) mass is 553 g/mol. The van der Waals surface area contributed by atoms with E-state index in [1.165, 1.54) is 11.8 Å². The number of aliphatic carboxylic acids is 1. The SMILES string of the molecule is CCO[C@@H](CC(=O)O)c1ccc(O[C@@H]2CCc3c(-c4cnc(OCCCS(C)(=O)=O)cc4C)cccc32)cc1. The molecule has 1 heterocycles. The second-order valence-corrected chi connectivity index (χ2v) is 12.1. The number of aryl methyl sites for hydroxylation is 1. The average molecular weight is 554 g/mol. The van der Waals surface area contributed by atoms with Crippen molar-refractivity contribution >= 4 is 15.8 Å². The van der Waals surface area contributed by atoms with Gasteiger partial charge in [-0.25, -0.2) is 13.4 Å². The minimum atomic E-state index is -3.01. The van der Waals surface area contributed by atoms with Crippen LogP contribution < -0.4 is 9.47 Å². The van der Waals surface area contributed by atoms with Crippen LogP contribution in [-0.2, 0) is 25.8 Å². The molecule has 4 rings (SSSR count). The summed E-state index contributed by atoms with van der Waals surface area (Å²) >= 11 is 0. The molecule has 1 aromatic heterocycles. The number of carboxylic acids is 1. The molecule has 0 bridgehead atoms. The number of benzene rings is 2. The Morgan fingerprint density at radius 2 is 1.92 bits per heavy atom. The lowest BCUT2D eigenvalue weighted by Crippen LogP contribution is -2.10. The second kappa shape index (κ2) is 12.6. The van der Waals surface area contributed by atoms with Gasteiger partial charge in [-0.05, 0) is 73.1 Å². The van der Waals surface area contributed by atoms with Crippen molar-refractivity contribution in [3.8, 4) is 22.8 Å². The number of hydrogen-bond donors (Lipinski definition) is 1. The van der Waals surface area contributed by atoms with E-state index in [9.17, 15) is 18.3 Å². The topological polar surface area (TPSA) is 112 Å². The van der Waals surface area contributed by atoms with E-state index in [4.69, 9.17) is 14.2 Å². The van der Waals surface area contributed by atoms with Gasteiger partial charge in [0.05, 0.1) is 24.9 Å². The molecular formula is C30H35NO7S. The van der Waals surface area contributed by atoms with Gasteiger partial charge in [0.15, 0.2) is 0 Å². The standard InChI is InChI=1S/C30H35NO7S/c1-4-36-28(18-30(32)33)21-9-11-22(12-10-21)38-27-14-13-24-23(7-5-8-25(24)27)26-19-31-29(17-20(26)2)37-15-6-16-39(3,34)35/h5,7-12,17,19,27-28H,4,6,13-16,18H2,1-3H3,(H,32,33)/t27-,28+/m1/s1. The van der Waals surface area contributed by atoms with Crippen LogP contribution in [-0.4, -0.2) is 49.7 Å². The molecule has 3 aromatic rings. The highest BCUT2D eigenvalue weighted by molar-refractivity contribution is 7.90. The summed E-state index contributed by atoms with van der Waals surface area (Å²) in [7, 11) is -3.01. The van der Waals surface area contributed by atoms with Crippen LogP contribution in [0.1, 0.15) is 60.6 Å². The van der Waals surface area contributed by atoms with E-state index >= 15 is 0 Å². The summed E-state index contributed by atoms with van der Waals surface area (Å²) in [5.41, 5.74) is 6.38. The maximum absolute atomic E-state index is 11.3. The average Bonchev–Trinajstić information content (AvgIpc) is 3.29. The van der Waals surface area contributed by atoms with Crippen molar-refractivity contribution < 1.29 is 32.5 Å². The fourth-order valence-electron chi connectivity index (χ4n) is 4.94. The molecule has 0 fully saturated rings. The van der Waals surface area contributed by atoms with Crippen LogP contribution in [0, 0.1) is 6.92 Å². The largest absolute Gasteiger partial charge is 0.486 e. The van der Waals surface area contributed by atoms with Crippen LogP contribution in [0.15, 0.2) is 54.7 Å². The molecule has 0 spiro atoms. The van der Waals surface area contributed by atoms with Crippen LogP contribution >= 0.6 is 0 Å². The molecule has 0 unspecified atom stereocenters. The minimum absolute atomic E-state index is 0.0850. The Hall–Kier alpha value is -3.43. The van der Waals surface area contributed by atoms with Gasteiger partial charge in [0.25, 0.3) is 0 Å². The first-order chi connectivity index (χ1) is 18.6. The number of aromatic nitrogens is 1. The van der Waals surface area contributed by atoms with Crippen LogP contribution in [0.5, 0.6) is 11.6 Å². The molecule has 0 saturated heterocycles. The fraction of sp³-hybridized carbons (Fsp3) is 0.400. The smallest absolute Gasteiger partial charge is 0.306 e. The number of carboxylic acid groups (broad SMARTS) is 1. The van der Waals surface area contributed by atoms with Gasteiger partial charge in [-0.2, -0.15) is 0 Å². The Morgan fingerprint density at radius 3 is 2.59 bits per heavy atom. The van der Waals surface area contributed by atoms with E-state index in [1.54, 1.807) is 0 Å². The number of sulfone groups is 1. The van der Waals surface area contributed by atoms with Gasteiger partial charge in [0, 0.05) is 30.7 Å². The highest BCUT2D eigenvalue weighted by Gasteiger charge is 2.27. The Morgan fingerprint density at radius 1 is 1.15 bits per heavy atom. The first-order valence-electron chi connectivity index (χ1n) is 13.1. The third kappa shape index (κ3) is 7.58. The van der Waals surface area contributed by atoms with Crippen LogP contribution in [0.3, 0.4) is 0 Å². The van der Waals surface area contributed by atoms with E-state index in [1.807, 2.05) is 56.4 Å². The zero-order chi connectivity index (χ0) is 28.0. The number of pyridine rings is 1. The molecular weight excluding hydrogens is 518 g/mol. The van der Waals surface area contributed by atoms with E-state index in [0.29, 0.717) is 25.5 Å². The quantitative estimate of drug-likeness (QED) is 0.277. The summed E-state index contributed by atoms with van der Waals surface area (Å²) in [6.07, 6.45) is 4.53. The minimum Gasteiger partial charge on any atom is -0.486 e. The molecule has 208 valence electrons. The van der Waals surface area contributed by atoms with Gasteiger partial charge in [-0.3, -0.25) is 4.79 Å². The fourth-order valence-corrected chi connectivity index (χ4v) is 5.58. The molecule has 1 aliphatic carbocycles. The van der Waals surface area contributed by atoms with Crippen molar-refractivity contribution in [3.63, 3.8) is 0 Å². The molecule has 0 amide bonds. The Balaban J connectivity index is 1.45. The lowest BCUT2D eigenvalue weighted by molar-refractivity contribution is -0.140. The lowest BCUT2D eigenvalue weighted by atomic mass is 9.95. The van der Waals surface area contributed by atoms with Crippen molar-refractivity contribution in [1.82, 2.24) is 4.98 Å². The Kier molecular flexibility index (Phi) is 9.24. The first-order valence-corrected chi connectivity index (χ1v) is 15.2. The molecule has 1 N–H and O–H groups in total. The summed E-state index contributed by atoms with van der Waals surface area (Å²) in [4.78, 5) is 15.7. The molecule has 0 radical (unpaired) electrons. The maximum atomic E-state index is 11.3. The van der Waals surface area contributed by atoms with Gasteiger partial charge in [-0.15, -0.1) is 0 Å². The van der Waals surface area contributed by atoms with Crippen LogP contribution in [0.25, 0.3) is 11.1 Å². The first kappa shape index (κ1) is 28.6.